The first-order chi connectivity index (χ1) is 17.5. The van der Waals surface area contributed by atoms with Crippen LogP contribution in [-0.4, -0.2) is 42.7 Å². The Labute approximate surface area is 216 Å². The molecule has 7 nitrogen and oxygen atoms in total. The Morgan fingerprint density at radius 3 is 2.57 bits per heavy atom. The number of benzene rings is 2. The first-order valence-corrected chi connectivity index (χ1v) is 12.6. The number of hydrogen-bond acceptors (Lipinski definition) is 5. The van der Waals surface area contributed by atoms with E-state index < -0.39 is 17.7 Å². The molecular formula is C30H35NO6. The van der Waals surface area contributed by atoms with Crippen LogP contribution in [0.15, 0.2) is 59.8 Å². The summed E-state index contributed by atoms with van der Waals surface area (Å²) in [7, 11) is 0. The Morgan fingerprint density at radius 2 is 1.86 bits per heavy atom. The van der Waals surface area contributed by atoms with Crippen molar-refractivity contribution in [1.82, 2.24) is 4.57 Å². The standard InChI is InChI=1S/C30H35NO6/c1-18(2)9-7-10-19(3)11-8-14-30(4)26(33)16-22-25(32)15-21-23(27(22)37-30)17-31(28(21)34)24-13-6-5-12-20(24)29(35)36/h5-6,9,11-13,15,17,26,32-34H,7-8,10,14,16H2,1-4H3,(H,35,36). The van der Waals surface area contributed by atoms with Crippen LogP contribution in [0.1, 0.15) is 69.3 Å². The summed E-state index contributed by atoms with van der Waals surface area (Å²) in [6.45, 7) is 8.15. The molecule has 37 heavy (non-hydrogen) atoms. The van der Waals surface area contributed by atoms with Crippen molar-refractivity contribution in [3.63, 3.8) is 0 Å². The number of aromatic carboxylic acids is 1. The molecule has 1 aliphatic heterocycles. The van der Waals surface area contributed by atoms with E-state index in [9.17, 15) is 25.2 Å². The highest BCUT2D eigenvalue weighted by Crippen LogP contribution is 2.48. The van der Waals surface area contributed by atoms with Gasteiger partial charge in [-0.2, -0.15) is 0 Å². The Hall–Kier alpha value is -3.71. The molecule has 0 saturated carbocycles. The number of aromatic hydroxyl groups is 2. The Kier molecular flexibility index (Phi) is 7.37. The van der Waals surface area contributed by atoms with E-state index in [1.165, 1.54) is 27.8 Å². The van der Waals surface area contributed by atoms with E-state index in [4.69, 9.17) is 4.74 Å². The molecule has 2 unspecified atom stereocenters. The number of carbonyl (C=O) groups is 1. The molecule has 2 heterocycles. The lowest BCUT2D eigenvalue weighted by Gasteiger charge is -2.40. The fourth-order valence-corrected chi connectivity index (χ4v) is 4.92. The lowest BCUT2D eigenvalue weighted by molar-refractivity contribution is -0.0581. The van der Waals surface area contributed by atoms with Crippen LogP contribution >= 0.6 is 0 Å². The van der Waals surface area contributed by atoms with Gasteiger partial charge in [0.25, 0.3) is 0 Å². The number of phenolic OH excluding ortho intramolecular Hbond substituents is 1. The van der Waals surface area contributed by atoms with Gasteiger partial charge < -0.3 is 25.2 Å². The highest BCUT2D eigenvalue weighted by molar-refractivity contribution is 5.98. The normalized spacial score (nSPS) is 19.4. The fraction of sp³-hybridized carbons (Fsp3) is 0.367. The molecular weight excluding hydrogens is 470 g/mol. The number of phenols is 1. The van der Waals surface area contributed by atoms with Gasteiger partial charge in [0.15, 0.2) is 0 Å². The number of carboxylic acids is 1. The molecule has 4 rings (SSSR count). The summed E-state index contributed by atoms with van der Waals surface area (Å²) in [5, 5.41) is 43.2. The maximum atomic E-state index is 11.8. The molecule has 0 fully saturated rings. The van der Waals surface area contributed by atoms with Crippen LogP contribution in [-0.2, 0) is 6.42 Å². The number of aliphatic hydroxyl groups is 1. The molecule has 7 heteroatoms. The smallest absolute Gasteiger partial charge is 0.337 e. The molecule has 1 aliphatic rings. The summed E-state index contributed by atoms with van der Waals surface area (Å²) < 4.78 is 7.80. The maximum Gasteiger partial charge on any atom is 0.337 e. The van der Waals surface area contributed by atoms with E-state index in [0.717, 1.165) is 19.3 Å². The number of hydrogen-bond donors (Lipinski definition) is 4. The van der Waals surface area contributed by atoms with E-state index in [2.05, 4.69) is 32.9 Å². The summed E-state index contributed by atoms with van der Waals surface area (Å²) in [5.41, 5.74) is 2.48. The largest absolute Gasteiger partial charge is 0.508 e. The molecule has 0 amide bonds. The molecule has 3 aromatic rings. The number of rotatable bonds is 8. The van der Waals surface area contributed by atoms with Gasteiger partial charge in [-0.25, -0.2) is 4.79 Å². The number of fused-ring (bicyclic) bond motifs is 3. The SMILES string of the molecule is CC(C)=CCCC(C)=CCCC1(C)Oc2c(c(O)cc3c(O)n(-c4ccccc4C(=O)O)cc23)CC1O. The van der Waals surface area contributed by atoms with Crippen molar-refractivity contribution in [3.05, 3.63) is 71.0 Å². The second kappa shape index (κ2) is 10.3. The number of aromatic nitrogens is 1. The average molecular weight is 506 g/mol. The molecule has 1 aromatic heterocycles. The van der Waals surface area contributed by atoms with E-state index in [1.807, 2.05) is 6.92 Å². The zero-order chi connectivity index (χ0) is 26.9. The molecule has 0 radical (unpaired) electrons. The lowest BCUT2D eigenvalue weighted by atomic mass is 9.84. The number of nitrogens with zero attached hydrogens (tertiary/aromatic N) is 1. The van der Waals surface area contributed by atoms with Crippen LogP contribution in [0.3, 0.4) is 0 Å². The van der Waals surface area contributed by atoms with Gasteiger partial charge in [-0.3, -0.25) is 4.57 Å². The summed E-state index contributed by atoms with van der Waals surface area (Å²) >= 11 is 0. The van der Waals surface area contributed by atoms with Gasteiger partial charge in [0.1, 0.15) is 17.1 Å². The van der Waals surface area contributed by atoms with Crippen LogP contribution in [0.4, 0.5) is 0 Å². The van der Waals surface area contributed by atoms with Gasteiger partial charge in [-0.15, -0.1) is 0 Å². The highest BCUT2D eigenvalue weighted by Gasteiger charge is 2.41. The zero-order valence-electron chi connectivity index (χ0n) is 21.8. The molecule has 0 aliphatic carbocycles. The third-order valence-electron chi connectivity index (χ3n) is 7.18. The summed E-state index contributed by atoms with van der Waals surface area (Å²) in [6.07, 6.45) is 8.67. The quantitative estimate of drug-likeness (QED) is 0.269. The third kappa shape index (κ3) is 5.23. The topological polar surface area (TPSA) is 112 Å². The van der Waals surface area contributed by atoms with Crippen molar-refractivity contribution in [2.24, 2.45) is 0 Å². The average Bonchev–Trinajstić information content (AvgIpc) is 3.16. The third-order valence-corrected chi connectivity index (χ3v) is 7.18. The minimum atomic E-state index is -1.12. The number of carboxylic acid groups (broad SMARTS) is 1. The fourth-order valence-electron chi connectivity index (χ4n) is 4.92. The molecule has 4 N–H and O–H groups in total. The summed E-state index contributed by atoms with van der Waals surface area (Å²) in [4.78, 5) is 11.8. The number of aliphatic hydroxyl groups excluding tert-OH is 1. The number of para-hydroxylation sites is 1. The van der Waals surface area contributed by atoms with Crippen molar-refractivity contribution < 1.29 is 30.0 Å². The van der Waals surface area contributed by atoms with Gasteiger partial charge in [0, 0.05) is 23.6 Å². The van der Waals surface area contributed by atoms with Crippen molar-refractivity contribution in [1.29, 1.82) is 0 Å². The summed E-state index contributed by atoms with van der Waals surface area (Å²) in [5.74, 6) is -1.01. The predicted molar refractivity (Wildman–Crippen MR) is 144 cm³/mol. The van der Waals surface area contributed by atoms with Crippen LogP contribution in [0.25, 0.3) is 16.5 Å². The molecule has 196 valence electrons. The Morgan fingerprint density at radius 1 is 1.14 bits per heavy atom. The summed E-state index contributed by atoms with van der Waals surface area (Å²) in [6, 6.07) is 7.82. The minimum Gasteiger partial charge on any atom is -0.508 e. The van der Waals surface area contributed by atoms with Crippen LogP contribution in [0.2, 0.25) is 0 Å². The van der Waals surface area contributed by atoms with Gasteiger partial charge in [0.2, 0.25) is 5.88 Å². The Bertz CT molecular complexity index is 1390. The second-order valence-corrected chi connectivity index (χ2v) is 10.4. The molecule has 2 atom stereocenters. The lowest BCUT2D eigenvalue weighted by Crippen LogP contribution is -2.48. The van der Waals surface area contributed by atoms with Crippen LogP contribution in [0.5, 0.6) is 17.4 Å². The van der Waals surface area contributed by atoms with E-state index in [0.29, 0.717) is 34.2 Å². The maximum absolute atomic E-state index is 11.8. The molecule has 2 aromatic carbocycles. The monoisotopic (exact) mass is 505 g/mol. The Balaban J connectivity index is 1.67. The van der Waals surface area contributed by atoms with Crippen LogP contribution < -0.4 is 4.74 Å². The van der Waals surface area contributed by atoms with Crippen molar-refractivity contribution in [2.45, 2.75) is 71.5 Å². The molecule has 0 bridgehead atoms. The molecule has 0 spiro atoms. The van der Waals surface area contributed by atoms with Crippen LogP contribution in [0, 0.1) is 0 Å². The van der Waals surface area contributed by atoms with Gasteiger partial charge in [0.05, 0.1) is 22.7 Å². The van der Waals surface area contributed by atoms with Gasteiger partial charge >= 0.3 is 5.97 Å². The van der Waals surface area contributed by atoms with Crippen molar-refractivity contribution >= 4 is 16.7 Å². The zero-order valence-corrected chi connectivity index (χ0v) is 21.8. The second-order valence-electron chi connectivity index (χ2n) is 10.4. The number of allylic oxidation sites excluding steroid dienone is 4. The first kappa shape index (κ1) is 26.4. The van der Waals surface area contributed by atoms with E-state index in [1.54, 1.807) is 24.4 Å². The predicted octanol–water partition coefficient (Wildman–Crippen LogP) is 6.27. The molecule has 0 saturated heterocycles. The highest BCUT2D eigenvalue weighted by atomic mass is 16.5. The number of ether oxygens (including phenoxy) is 1. The van der Waals surface area contributed by atoms with E-state index >= 15 is 0 Å². The van der Waals surface area contributed by atoms with Crippen molar-refractivity contribution in [2.75, 3.05) is 0 Å². The van der Waals surface area contributed by atoms with Crippen molar-refractivity contribution in [3.8, 4) is 23.1 Å². The van der Waals surface area contributed by atoms with E-state index in [-0.39, 0.29) is 23.6 Å². The minimum absolute atomic E-state index is 0.0316. The van der Waals surface area contributed by atoms with Gasteiger partial charge in [-0.05, 0) is 71.6 Å². The van der Waals surface area contributed by atoms with Gasteiger partial charge in [-0.1, -0.05) is 35.4 Å². The first-order valence-electron chi connectivity index (χ1n) is 12.6.